The van der Waals surface area contributed by atoms with Crippen LogP contribution in [0.25, 0.3) is 0 Å². The molecular formula is C15H17ClO2S. The molecule has 0 spiro atoms. The van der Waals surface area contributed by atoms with E-state index < -0.39 is 0 Å². The maximum Gasteiger partial charge on any atom is 0.160 e. The van der Waals surface area contributed by atoms with E-state index in [1.165, 1.54) is 10.4 Å². The number of rotatable bonds is 5. The second-order valence-electron chi connectivity index (χ2n) is 4.33. The van der Waals surface area contributed by atoms with Gasteiger partial charge in [-0.25, -0.2) is 0 Å². The Morgan fingerprint density at radius 2 is 1.89 bits per heavy atom. The molecule has 0 fully saturated rings. The largest absolute Gasteiger partial charge is 0.493 e. The maximum absolute atomic E-state index is 6.49. The quantitative estimate of drug-likeness (QED) is 0.751. The third kappa shape index (κ3) is 3.23. The Bertz CT molecular complexity index is 551. The molecule has 0 saturated carbocycles. The summed E-state index contributed by atoms with van der Waals surface area (Å²) >= 11 is 8.20. The normalized spacial score (nSPS) is 12.2. The van der Waals surface area contributed by atoms with Crippen LogP contribution in [0.5, 0.6) is 11.5 Å². The van der Waals surface area contributed by atoms with Gasteiger partial charge in [-0.1, -0.05) is 6.07 Å². The van der Waals surface area contributed by atoms with Crippen LogP contribution in [0, 0.1) is 6.92 Å². The smallest absolute Gasteiger partial charge is 0.160 e. The zero-order chi connectivity index (χ0) is 13.8. The van der Waals surface area contributed by atoms with Gasteiger partial charge in [-0.3, -0.25) is 0 Å². The topological polar surface area (TPSA) is 18.5 Å². The summed E-state index contributed by atoms with van der Waals surface area (Å²) in [6.07, 6.45) is 0.781. The van der Waals surface area contributed by atoms with Crippen molar-refractivity contribution in [2.75, 3.05) is 14.2 Å². The molecule has 102 valence electrons. The summed E-state index contributed by atoms with van der Waals surface area (Å²) < 4.78 is 10.5. The van der Waals surface area contributed by atoms with E-state index in [1.807, 2.05) is 18.2 Å². The zero-order valence-electron chi connectivity index (χ0n) is 11.3. The number of methoxy groups -OCH3 is 2. The second-order valence-corrected chi connectivity index (χ2v) is 5.80. The number of halogens is 1. The van der Waals surface area contributed by atoms with E-state index in [0.29, 0.717) is 0 Å². The lowest BCUT2D eigenvalue weighted by Crippen LogP contribution is -1.97. The van der Waals surface area contributed by atoms with Gasteiger partial charge < -0.3 is 9.47 Å². The highest BCUT2D eigenvalue weighted by Gasteiger charge is 2.14. The minimum absolute atomic E-state index is 0.00176. The van der Waals surface area contributed by atoms with E-state index in [4.69, 9.17) is 21.1 Å². The summed E-state index contributed by atoms with van der Waals surface area (Å²) in [4.78, 5) is 1.23. The van der Waals surface area contributed by atoms with Gasteiger partial charge in [-0.05, 0) is 48.1 Å². The highest BCUT2D eigenvalue weighted by atomic mass is 35.5. The van der Waals surface area contributed by atoms with Crippen molar-refractivity contribution in [2.24, 2.45) is 0 Å². The minimum atomic E-state index is -0.00176. The van der Waals surface area contributed by atoms with Crippen LogP contribution in [0.4, 0.5) is 0 Å². The van der Waals surface area contributed by atoms with Crippen LogP contribution in [0.1, 0.15) is 21.4 Å². The lowest BCUT2D eigenvalue weighted by Gasteiger charge is -2.12. The van der Waals surface area contributed by atoms with E-state index in [0.717, 1.165) is 23.5 Å². The predicted molar refractivity (Wildman–Crippen MR) is 80.9 cm³/mol. The van der Waals surface area contributed by atoms with Crippen molar-refractivity contribution < 1.29 is 9.47 Å². The lowest BCUT2D eigenvalue weighted by molar-refractivity contribution is 0.354. The number of hydrogen-bond donors (Lipinski definition) is 0. The van der Waals surface area contributed by atoms with Crippen LogP contribution >= 0.6 is 22.9 Å². The molecule has 19 heavy (non-hydrogen) atoms. The fraction of sp³-hybridized carbons (Fsp3) is 0.333. The molecule has 4 heteroatoms. The van der Waals surface area contributed by atoms with Gasteiger partial charge in [0.05, 0.1) is 19.6 Å². The molecule has 0 aliphatic carbocycles. The molecule has 0 radical (unpaired) electrons. The third-order valence-electron chi connectivity index (χ3n) is 3.05. The zero-order valence-corrected chi connectivity index (χ0v) is 12.8. The summed E-state index contributed by atoms with van der Waals surface area (Å²) in [6, 6.07) is 8.03. The van der Waals surface area contributed by atoms with Gasteiger partial charge in [0, 0.05) is 4.88 Å². The molecule has 2 aromatic rings. The first-order chi connectivity index (χ1) is 9.15. The maximum atomic E-state index is 6.49. The van der Waals surface area contributed by atoms with Gasteiger partial charge in [0.25, 0.3) is 0 Å². The number of aryl methyl sites for hydroxylation is 1. The molecule has 1 atom stereocenters. The Morgan fingerprint density at radius 1 is 1.16 bits per heavy atom. The van der Waals surface area contributed by atoms with Crippen LogP contribution in [0.15, 0.2) is 29.6 Å². The number of thiophene rings is 1. The Kier molecular flexibility index (Phi) is 4.72. The van der Waals surface area contributed by atoms with Crippen LogP contribution in [0.2, 0.25) is 0 Å². The van der Waals surface area contributed by atoms with Crippen molar-refractivity contribution in [2.45, 2.75) is 18.7 Å². The average molecular weight is 297 g/mol. The second kappa shape index (κ2) is 6.31. The standard InChI is InChI=1S/C15H17ClO2S/c1-10-6-7-19-15(10)12(16)8-11-4-5-13(17-2)14(9-11)18-3/h4-7,9,12H,8H2,1-3H3. The van der Waals surface area contributed by atoms with Crippen LogP contribution in [-0.2, 0) is 6.42 Å². The number of ether oxygens (including phenoxy) is 2. The molecule has 1 aromatic heterocycles. The molecule has 0 amide bonds. The van der Waals surface area contributed by atoms with Crippen molar-refractivity contribution in [3.05, 3.63) is 45.6 Å². The van der Waals surface area contributed by atoms with Crippen molar-refractivity contribution in [1.29, 1.82) is 0 Å². The molecule has 2 rings (SSSR count). The van der Waals surface area contributed by atoms with Crippen LogP contribution in [0.3, 0.4) is 0 Å². The first-order valence-electron chi connectivity index (χ1n) is 6.04. The van der Waals surface area contributed by atoms with E-state index in [2.05, 4.69) is 18.4 Å². The SMILES string of the molecule is COc1ccc(CC(Cl)c2sccc2C)cc1OC. The van der Waals surface area contributed by atoms with Gasteiger partial charge in [-0.15, -0.1) is 22.9 Å². The summed E-state index contributed by atoms with van der Waals surface area (Å²) in [6.45, 7) is 2.09. The Balaban J connectivity index is 2.17. The molecule has 0 saturated heterocycles. The van der Waals surface area contributed by atoms with Crippen molar-refractivity contribution >= 4 is 22.9 Å². The Labute approximate surface area is 122 Å². The van der Waals surface area contributed by atoms with E-state index in [1.54, 1.807) is 25.6 Å². The van der Waals surface area contributed by atoms with Gasteiger partial charge in [0.15, 0.2) is 11.5 Å². The molecule has 1 aromatic carbocycles. The van der Waals surface area contributed by atoms with Crippen molar-refractivity contribution in [1.82, 2.24) is 0 Å². The Morgan fingerprint density at radius 3 is 2.47 bits per heavy atom. The van der Waals surface area contributed by atoms with Gasteiger partial charge >= 0.3 is 0 Å². The van der Waals surface area contributed by atoms with Crippen molar-refractivity contribution in [3.8, 4) is 11.5 Å². The summed E-state index contributed by atoms with van der Waals surface area (Å²) in [5, 5.41) is 2.08. The molecule has 1 heterocycles. The van der Waals surface area contributed by atoms with E-state index in [9.17, 15) is 0 Å². The highest BCUT2D eigenvalue weighted by molar-refractivity contribution is 7.10. The molecule has 0 bridgehead atoms. The van der Waals surface area contributed by atoms with E-state index in [-0.39, 0.29) is 5.38 Å². The van der Waals surface area contributed by atoms with Gasteiger partial charge in [-0.2, -0.15) is 0 Å². The monoisotopic (exact) mass is 296 g/mol. The summed E-state index contributed by atoms with van der Waals surface area (Å²) in [7, 11) is 3.28. The van der Waals surface area contributed by atoms with Gasteiger partial charge in [0.1, 0.15) is 0 Å². The van der Waals surface area contributed by atoms with Crippen molar-refractivity contribution in [3.63, 3.8) is 0 Å². The van der Waals surface area contributed by atoms with E-state index >= 15 is 0 Å². The summed E-state index contributed by atoms with van der Waals surface area (Å²) in [5.74, 6) is 1.48. The number of hydrogen-bond acceptors (Lipinski definition) is 3. The predicted octanol–water partition coefficient (Wildman–Crippen LogP) is 4.60. The number of benzene rings is 1. The van der Waals surface area contributed by atoms with Gasteiger partial charge in [0.2, 0.25) is 0 Å². The lowest BCUT2D eigenvalue weighted by atomic mass is 10.1. The van der Waals surface area contributed by atoms with Crippen LogP contribution < -0.4 is 9.47 Å². The molecule has 0 aliphatic rings. The highest BCUT2D eigenvalue weighted by Crippen LogP contribution is 2.34. The average Bonchev–Trinajstić information content (AvgIpc) is 2.85. The fourth-order valence-electron chi connectivity index (χ4n) is 2.01. The third-order valence-corrected chi connectivity index (χ3v) is 4.68. The first-order valence-corrected chi connectivity index (χ1v) is 7.36. The first kappa shape index (κ1) is 14.2. The summed E-state index contributed by atoms with van der Waals surface area (Å²) in [5.41, 5.74) is 2.40. The molecular weight excluding hydrogens is 280 g/mol. The minimum Gasteiger partial charge on any atom is -0.493 e. The molecule has 1 unspecified atom stereocenters. The Hall–Kier alpha value is -1.19. The fourth-order valence-corrected chi connectivity index (χ4v) is 3.42. The van der Waals surface area contributed by atoms with Crippen LogP contribution in [-0.4, -0.2) is 14.2 Å². The molecule has 2 nitrogen and oxygen atoms in total. The molecule has 0 aliphatic heterocycles. The number of alkyl halides is 1. The molecule has 0 N–H and O–H groups in total.